The van der Waals surface area contributed by atoms with Crippen LogP contribution in [0, 0.1) is 0 Å². The summed E-state index contributed by atoms with van der Waals surface area (Å²) in [6, 6.07) is 11.8. The van der Waals surface area contributed by atoms with Gasteiger partial charge in [0, 0.05) is 11.6 Å². The van der Waals surface area contributed by atoms with Gasteiger partial charge in [-0.3, -0.25) is 14.9 Å². The number of esters is 1. The molecule has 2 aromatic rings. The fraction of sp³-hybridized carbons (Fsp3) is 0.238. The SMILES string of the molecule is COc1ccc(C(=O)Nc2ccccc2C(=O)OCC(=O)NC(=O)NC(C)C)cc1. The van der Waals surface area contributed by atoms with E-state index in [9.17, 15) is 19.2 Å². The normalized spacial score (nSPS) is 10.1. The third-order valence-corrected chi connectivity index (χ3v) is 3.75. The van der Waals surface area contributed by atoms with Crippen LogP contribution in [0.25, 0.3) is 0 Å². The molecule has 0 saturated heterocycles. The molecule has 9 heteroatoms. The third kappa shape index (κ3) is 6.62. The zero-order valence-corrected chi connectivity index (χ0v) is 16.9. The van der Waals surface area contributed by atoms with Crippen molar-refractivity contribution < 1.29 is 28.7 Å². The molecule has 158 valence electrons. The average molecular weight is 413 g/mol. The van der Waals surface area contributed by atoms with Crippen LogP contribution in [0.3, 0.4) is 0 Å². The highest BCUT2D eigenvalue weighted by Crippen LogP contribution is 2.18. The number of ether oxygens (including phenoxy) is 2. The van der Waals surface area contributed by atoms with Crippen molar-refractivity contribution in [2.45, 2.75) is 19.9 Å². The Bertz CT molecular complexity index is 925. The number of amides is 4. The lowest BCUT2D eigenvalue weighted by Crippen LogP contribution is -2.44. The standard InChI is InChI=1S/C21H23N3O6/c1-13(2)22-21(28)24-18(25)12-30-20(27)16-6-4-5-7-17(16)23-19(26)14-8-10-15(29-3)11-9-14/h4-11,13H,12H2,1-3H3,(H,23,26)(H2,22,24,25,28). The Hall–Kier alpha value is -3.88. The molecule has 2 rings (SSSR count). The van der Waals surface area contributed by atoms with E-state index in [1.807, 2.05) is 5.32 Å². The second kappa shape index (κ2) is 10.6. The number of imide groups is 1. The number of para-hydroxylation sites is 1. The number of hydrogen-bond donors (Lipinski definition) is 3. The maximum atomic E-state index is 12.5. The van der Waals surface area contributed by atoms with Gasteiger partial charge in [0.15, 0.2) is 6.61 Å². The van der Waals surface area contributed by atoms with Gasteiger partial charge in [-0.2, -0.15) is 0 Å². The number of nitrogens with one attached hydrogen (secondary N) is 3. The molecule has 0 aromatic heterocycles. The largest absolute Gasteiger partial charge is 0.497 e. The highest BCUT2D eigenvalue weighted by Gasteiger charge is 2.17. The lowest BCUT2D eigenvalue weighted by Gasteiger charge is -2.12. The van der Waals surface area contributed by atoms with Crippen LogP contribution in [0.2, 0.25) is 0 Å². The van der Waals surface area contributed by atoms with Gasteiger partial charge in [-0.25, -0.2) is 9.59 Å². The lowest BCUT2D eigenvalue weighted by atomic mass is 10.1. The van der Waals surface area contributed by atoms with Crippen LogP contribution < -0.4 is 20.7 Å². The number of rotatable bonds is 7. The Morgan fingerprint density at radius 3 is 2.27 bits per heavy atom. The molecule has 0 aliphatic rings. The first-order chi connectivity index (χ1) is 14.3. The van der Waals surface area contributed by atoms with Crippen LogP contribution in [0.5, 0.6) is 5.75 Å². The van der Waals surface area contributed by atoms with Crippen molar-refractivity contribution in [2.75, 3.05) is 19.0 Å². The Balaban J connectivity index is 1.99. The van der Waals surface area contributed by atoms with E-state index in [0.29, 0.717) is 11.3 Å². The summed E-state index contributed by atoms with van der Waals surface area (Å²) < 4.78 is 10.0. The molecule has 0 heterocycles. The Morgan fingerprint density at radius 1 is 0.967 bits per heavy atom. The number of anilines is 1. The zero-order valence-electron chi connectivity index (χ0n) is 16.9. The van der Waals surface area contributed by atoms with Crippen LogP contribution in [0.4, 0.5) is 10.5 Å². The number of carbonyl (C=O) groups is 4. The minimum atomic E-state index is -0.819. The van der Waals surface area contributed by atoms with Gasteiger partial charge in [-0.05, 0) is 50.2 Å². The molecule has 0 atom stereocenters. The van der Waals surface area contributed by atoms with E-state index in [4.69, 9.17) is 9.47 Å². The molecular weight excluding hydrogens is 390 g/mol. The van der Waals surface area contributed by atoms with Gasteiger partial charge >= 0.3 is 12.0 Å². The highest BCUT2D eigenvalue weighted by atomic mass is 16.5. The molecule has 0 spiro atoms. The number of hydrogen-bond acceptors (Lipinski definition) is 6. The molecule has 0 aliphatic carbocycles. The molecule has 9 nitrogen and oxygen atoms in total. The summed E-state index contributed by atoms with van der Waals surface area (Å²) >= 11 is 0. The molecular formula is C21H23N3O6. The molecule has 2 aromatic carbocycles. The van der Waals surface area contributed by atoms with Crippen molar-refractivity contribution in [1.82, 2.24) is 10.6 Å². The molecule has 0 saturated carbocycles. The van der Waals surface area contributed by atoms with Crippen molar-refractivity contribution in [3.8, 4) is 5.75 Å². The average Bonchev–Trinajstić information content (AvgIpc) is 2.71. The van der Waals surface area contributed by atoms with E-state index in [0.717, 1.165) is 0 Å². The maximum absolute atomic E-state index is 12.5. The first-order valence-corrected chi connectivity index (χ1v) is 9.12. The second-order valence-electron chi connectivity index (χ2n) is 6.48. The monoisotopic (exact) mass is 413 g/mol. The summed E-state index contributed by atoms with van der Waals surface area (Å²) in [7, 11) is 1.52. The fourth-order valence-electron chi connectivity index (χ4n) is 2.38. The Labute approximate surface area is 173 Å². The van der Waals surface area contributed by atoms with Crippen LogP contribution in [-0.2, 0) is 9.53 Å². The molecule has 0 aliphatic heterocycles. The van der Waals surface area contributed by atoms with Gasteiger partial charge < -0.3 is 20.1 Å². The molecule has 0 radical (unpaired) electrons. The summed E-state index contributed by atoms with van der Waals surface area (Å²) in [5, 5.41) is 7.17. The van der Waals surface area contributed by atoms with Crippen LogP contribution in [0.15, 0.2) is 48.5 Å². The van der Waals surface area contributed by atoms with Crippen molar-refractivity contribution in [1.29, 1.82) is 0 Å². The number of carbonyl (C=O) groups excluding carboxylic acids is 4. The Morgan fingerprint density at radius 2 is 1.63 bits per heavy atom. The fourth-order valence-corrected chi connectivity index (χ4v) is 2.38. The number of methoxy groups -OCH3 is 1. The van der Waals surface area contributed by atoms with E-state index in [-0.39, 0.29) is 17.3 Å². The minimum absolute atomic E-state index is 0.0683. The summed E-state index contributed by atoms with van der Waals surface area (Å²) in [5.74, 6) is -1.42. The van der Waals surface area contributed by atoms with Gasteiger partial charge in [-0.15, -0.1) is 0 Å². The smallest absolute Gasteiger partial charge is 0.340 e. The minimum Gasteiger partial charge on any atom is -0.497 e. The maximum Gasteiger partial charge on any atom is 0.340 e. The lowest BCUT2D eigenvalue weighted by molar-refractivity contribution is -0.123. The number of benzene rings is 2. The molecule has 4 amide bonds. The predicted molar refractivity (Wildman–Crippen MR) is 109 cm³/mol. The second-order valence-corrected chi connectivity index (χ2v) is 6.48. The van der Waals surface area contributed by atoms with Gasteiger partial charge in [-0.1, -0.05) is 12.1 Å². The van der Waals surface area contributed by atoms with Crippen LogP contribution >= 0.6 is 0 Å². The molecule has 30 heavy (non-hydrogen) atoms. The number of urea groups is 1. The van der Waals surface area contributed by atoms with Crippen LogP contribution in [-0.4, -0.2) is 43.6 Å². The van der Waals surface area contributed by atoms with E-state index in [1.165, 1.54) is 19.2 Å². The summed E-state index contributed by atoms with van der Waals surface area (Å²) in [4.78, 5) is 48.0. The van der Waals surface area contributed by atoms with Gasteiger partial charge in [0.1, 0.15) is 5.75 Å². The van der Waals surface area contributed by atoms with Gasteiger partial charge in [0.2, 0.25) is 0 Å². The van der Waals surface area contributed by atoms with Gasteiger partial charge in [0.05, 0.1) is 18.4 Å². The van der Waals surface area contributed by atoms with E-state index < -0.39 is 30.4 Å². The van der Waals surface area contributed by atoms with E-state index in [1.54, 1.807) is 50.2 Å². The highest BCUT2D eigenvalue weighted by molar-refractivity contribution is 6.08. The topological polar surface area (TPSA) is 123 Å². The molecule has 0 bridgehead atoms. The summed E-state index contributed by atoms with van der Waals surface area (Å²) in [6.07, 6.45) is 0. The zero-order chi connectivity index (χ0) is 22.1. The Kier molecular flexibility index (Phi) is 7.92. The van der Waals surface area contributed by atoms with Crippen molar-refractivity contribution in [3.63, 3.8) is 0 Å². The molecule has 0 unspecified atom stereocenters. The summed E-state index contributed by atoms with van der Waals surface area (Å²) in [5.41, 5.74) is 0.662. The first kappa shape index (κ1) is 22.4. The molecule has 3 N–H and O–H groups in total. The van der Waals surface area contributed by atoms with Crippen molar-refractivity contribution >= 4 is 29.5 Å². The predicted octanol–water partition coefficient (Wildman–Crippen LogP) is 2.34. The van der Waals surface area contributed by atoms with E-state index in [2.05, 4.69) is 10.6 Å². The third-order valence-electron chi connectivity index (χ3n) is 3.75. The van der Waals surface area contributed by atoms with E-state index >= 15 is 0 Å². The van der Waals surface area contributed by atoms with Crippen molar-refractivity contribution in [3.05, 3.63) is 59.7 Å². The summed E-state index contributed by atoms with van der Waals surface area (Å²) in [6.45, 7) is 2.83. The first-order valence-electron chi connectivity index (χ1n) is 9.12. The molecule has 0 fully saturated rings. The van der Waals surface area contributed by atoms with Gasteiger partial charge in [0.25, 0.3) is 11.8 Å². The van der Waals surface area contributed by atoms with Crippen LogP contribution in [0.1, 0.15) is 34.6 Å². The quantitative estimate of drug-likeness (QED) is 0.599. The van der Waals surface area contributed by atoms with Crippen molar-refractivity contribution in [2.24, 2.45) is 0 Å².